The minimum absolute atomic E-state index is 0. The molecule has 0 radical (unpaired) electrons. The lowest BCUT2D eigenvalue weighted by atomic mass is 10.1. The van der Waals surface area contributed by atoms with E-state index in [0.29, 0.717) is 17.9 Å². The molecule has 0 fully saturated rings. The fraction of sp³-hybridized carbons (Fsp3) is 0.455. The lowest BCUT2D eigenvalue weighted by Crippen LogP contribution is -2.27. The van der Waals surface area contributed by atoms with Crippen molar-refractivity contribution in [2.24, 2.45) is 5.73 Å². The van der Waals surface area contributed by atoms with Gasteiger partial charge in [-0.1, -0.05) is 15.9 Å². The third kappa shape index (κ3) is 4.35. The maximum Gasteiger partial charge on any atom is 0.164 e. The van der Waals surface area contributed by atoms with Crippen molar-refractivity contribution < 1.29 is 14.6 Å². The largest absolute Gasteiger partial charge is 0.493 e. The Morgan fingerprint density at radius 3 is 2.47 bits per heavy atom. The summed E-state index contributed by atoms with van der Waals surface area (Å²) >= 11 is 3.39. The molecule has 1 unspecified atom stereocenters. The van der Waals surface area contributed by atoms with Gasteiger partial charge in [0.1, 0.15) is 0 Å². The van der Waals surface area contributed by atoms with E-state index >= 15 is 0 Å². The van der Waals surface area contributed by atoms with E-state index in [0.717, 1.165) is 10.0 Å². The molecule has 0 aliphatic carbocycles. The predicted octanol–water partition coefficient (Wildman–Crippen LogP) is 1.75. The van der Waals surface area contributed by atoms with Gasteiger partial charge in [-0.05, 0) is 18.6 Å². The van der Waals surface area contributed by atoms with Crippen LogP contribution in [0.15, 0.2) is 16.6 Å². The summed E-state index contributed by atoms with van der Waals surface area (Å²) < 4.78 is 11.4. The zero-order valence-electron chi connectivity index (χ0n) is 9.77. The first kappa shape index (κ1) is 16.5. The molecule has 17 heavy (non-hydrogen) atoms. The number of rotatable bonds is 5. The third-order valence-electron chi connectivity index (χ3n) is 2.24. The average Bonchev–Trinajstić information content (AvgIpc) is 2.28. The number of aliphatic hydroxyl groups excluding tert-OH is 1. The van der Waals surface area contributed by atoms with Crippen molar-refractivity contribution in [3.63, 3.8) is 0 Å². The van der Waals surface area contributed by atoms with Crippen molar-refractivity contribution >= 4 is 28.3 Å². The first-order valence-electron chi connectivity index (χ1n) is 4.89. The van der Waals surface area contributed by atoms with E-state index in [1.807, 2.05) is 12.1 Å². The minimum Gasteiger partial charge on any atom is -0.493 e. The second-order valence-corrected chi connectivity index (χ2v) is 4.36. The number of methoxy groups -OCH3 is 2. The molecule has 0 saturated heterocycles. The fourth-order valence-corrected chi connectivity index (χ4v) is 1.99. The smallest absolute Gasteiger partial charge is 0.164 e. The summed E-state index contributed by atoms with van der Waals surface area (Å²) in [6, 6.07) is 3.44. The van der Waals surface area contributed by atoms with Gasteiger partial charge in [-0.3, -0.25) is 0 Å². The molecule has 0 aromatic heterocycles. The fourth-order valence-electron chi connectivity index (χ4n) is 1.50. The highest BCUT2D eigenvalue weighted by molar-refractivity contribution is 9.10. The highest BCUT2D eigenvalue weighted by Gasteiger charge is 2.14. The van der Waals surface area contributed by atoms with Gasteiger partial charge >= 0.3 is 0 Å². The molecule has 6 heteroatoms. The zero-order valence-corrected chi connectivity index (χ0v) is 12.2. The first-order chi connectivity index (χ1) is 7.62. The minimum atomic E-state index is -0.298. The summed E-state index contributed by atoms with van der Waals surface area (Å²) in [4.78, 5) is 0. The normalized spacial score (nSPS) is 11.6. The highest BCUT2D eigenvalue weighted by atomic mass is 79.9. The van der Waals surface area contributed by atoms with Crippen molar-refractivity contribution in [3.05, 3.63) is 22.2 Å². The van der Waals surface area contributed by atoms with Gasteiger partial charge < -0.3 is 20.3 Å². The molecule has 1 aromatic rings. The van der Waals surface area contributed by atoms with Gasteiger partial charge in [0.15, 0.2) is 11.5 Å². The van der Waals surface area contributed by atoms with Crippen molar-refractivity contribution in [1.82, 2.24) is 0 Å². The SMILES string of the molecule is COc1cc(Br)cc(CC(N)CO)c1OC.Cl. The maximum atomic E-state index is 8.95. The predicted molar refractivity (Wildman–Crippen MR) is 73.3 cm³/mol. The Balaban J connectivity index is 0.00000256. The van der Waals surface area contributed by atoms with E-state index in [4.69, 9.17) is 20.3 Å². The van der Waals surface area contributed by atoms with Crippen LogP contribution >= 0.6 is 28.3 Å². The molecule has 0 aliphatic rings. The topological polar surface area (TPSA) is 64.7 Å². The molecule has 3 N–H and O–H groups in total. The number of ether oxygens (including phenoxy) is 2. The van der Waals surface area contributed by atoms with E-state index in [9.17, 15) is 0 Å². The van der Waals surface area contributed by atoms with E-state index in [1.165, 1.54) is 0 Å². The number of aliphatic hydroxyl groups is 1. The van der Waals surface area contributed by atoms with Gasteiger partial charge in [0.25, 0.3) is 0 Å². The van der Waals surface area contributed by atoms with Gasteiger partial charge in [0.05, 0.1) is 20.8 Å². The number of benzene rings is 1. The Kier molecular flexibility index (Phi) is 7.54. The second-order valence-electron chi connectivity index (χ2n) is 3.45. The van der Waals surface area contributed by atoms with Crippen molar-refractivity contribution in [2.75, 3.05) is 20.8 Å². The van der Waals surface area contributed by atoms with Gasteiger partial charge in [0, 0.05) is 16.1 Å². The Morgan fingerprint density at radius 1 is 1.35 bits per heavy atom. The Bertz CT molecular complexity index is 363. The number of hydrogen-bond acceptors (Lipinski definition) is 4. The molecule has 4 nitrogen and oxygen atoms in total. The van der Waals surface area contributed by atoms with E-state index < -0.39 is 0 Å². The number of hydrogen-bond donors (Lipinski definition) is 2. The van der Waals surface area contributed by atoms with Crippen LogP contribution in [0.25, 0.3) is 0 Å². The van der Waals surface area contributed by atoms with Crippen LogP contribution in [0.5, 0.6) is 11.5 Å². The highest BCUT2D eigenvalue weighted by Crippen LogP contribution is 2.35. The quantitative estimate of drug-likeness (QED) is 0.865. The van der Waals surface area contributed by atoms with Crippen LogP contribution in [0.3, 0.4) is 0 Å². The monoisotopic (exact) mass is 325 g/mol. The van der Waals surface area contributed by atoms with Gasteiger partial charge in [-0.25, -0.2) is 0 Å². The van der Waals surface area contributed by atoms with Gasteiger partial charge in [0.2, 0.25) is 0 Å². The van der Waals surface area contributed by atoms with E-state index in [-0.39, 0.29) is 25.1 Å². The summed E-state index contributed by atoms with van der Waals surface area (Å²) in [7, 11) is 3.17. The van der Waals surface area contributed by atoms with E-state index in [1.54, 1.807) is 14.2 Å². The van der Waals surface area contributed by atoms with Crippen LogP contribution in [0.2, 0.25) is 0 Å². The molecule has 0 amide bonds. The van der Waals surface area contributed by atoms with Crippen LogP contribution < -0.4 is 15.2 Å². The van der Waals surface area contributed by atoms with E-state index in [2.05, 4.69) is 15.9 Å². The Labute approximate surface area is 116 Å². The second kappa shape index (κ2) is 7.76. The van der Waals surface area contributed by atoms with Crippen LogP contribution in [0, 0.1) is 0 Å². The molecule has 0 saturated carbocycles. The molecule has 0 bridgehead atoms. The van der Waals surface area contributed by atoms with Crippen molar-refractivity contribution in [3.8, 4) is 11.5 Å². The lowest BCUT2D eigenvalue weighted by Gasteiger charge is -2.15. The molecule has 1 aromatic carbocycles. The third-order valence-corrected chi connectivity index (χ3v) is 2.70. The molecule has 0 heterocycles. The average molecular weight is 327 g/mol. The summed E-state index contributed by atoms with van der Waals surface area (Å²) in [6.45, 7) is -0.0576. The van der Waals surface area contributed by atoms with Crippen LogP contribution in [-0.4, -0.2) is 32.0 Å². The van der Waals surface area contributed by atoms with Crippen LogP contribution in [-0.2, 0) is 6.42 Å². The lowest BCUT2D eigenvalue weighted by molar-refractivity contribution is 0.264. The molecule has 1 rings (SSSR count). The summed E-state index contributed by atoms with van der Waals surface area (Å²) in [5, 5.41) is 8.95. The maximum absolute atomic E-state index is 8.95. The van der Waals surface area contributed by atoms with Crippen molar-refractivity contribution in [1.29, 1.82) is 0 Å². The number of halogens is 2. The molecule has 98 valence electrons. The van der Waals surface area contributed by atoms with Crippen LogP contribution in [0.4, 0.5) is 0 Å². The summed E-state index contributed by atoms with van der Waals surface area (Å²) in [5.41, 5.74) is 6.62. The first-order valence-corrected chi connectivity index (χ1v) is 5.68. The molecule has 0 aliphatic heterocycles. The summed E-state index contributed by atoms with van der Waals surface area (Å²) in [5.74, 6) is 1.31. The molecule has 0 spiro atoms. The molecular weight excluding hydrogens is 309 g/mol. The Morgan fingerprint density at radius 2 is 2.00 bits per heavy atom. The standard InChI is InChI=1S/C11H16BrNO3.ClH/c1-15-10-5-8(12)3-7(11(10)16-2)4-9(13)6-14;/h3,5,9,14H,4,6,13H2,1-2H3;1H. The van der Waals surface area contributed by atoms with Gasteiger partial charge in [-0.2, -0.15) is 0 Å². The van der Waals surface area contributed by atoms with Crippen LogP contribution in [0.1, 0.15) is 5.56 Å². The van der Waals surface area contributed by atoms with Gasteiger partial charge in [-0.15, -0.1) is 12.4 Å². The zero-order chi connectivity index (χ0) is 12.1. The summed E-state index contributed by atoms with van der Waals surface area (Å²) in [6.07, 6.45) is 0.537. The molecular formula is C11H17BrClNO3. The molecule has 1 atom stereocenters. The van der Waals surface area contributed by atoms with Crippen molar-refractivity contribution in [2.45, 2.75) is 12.5 Å². The Hall–Kier alpha value is -0.490. The number of nitrogens with two attached hydrogens (primary N) is 1.